The highest BCUT2D eigenvalue weighted by Gasteiger charge is 1.95. The fourth-order valence-corrected chi connectivity index (χ4v) is 1.17. The standard InChI is InChI=1S/C4H8N2OS2/c1-6(2)9-4(8)5-3-7/h3H,1-2H3,(H,5,7,8). The molecule has 3 nitrogen and oxygen atoms in total. The molecular formula is C4H8N2OS2. The average molecular weight is 164 g/mol. The van der Waals surface area contributed by atoms with Crippen molar-refractivity contribution in [3.05, 3.63) is 0 Å². The molecule has 52 valence electrons. The third kappa shape index (κ3) is 5.75. The number of hydrogen-bond donors (Lipinski definition) is 1. The van der Waals surface area contributed by atoms with E-state index >= 15 is 0 Å². The van der Waals surface area contributed by atoms with Crippen molar-refractivity contribution < 1.29 is 4.79 Å². The van der Waals surface area contributed by atoms with Gasteiger partial charge in [0.1, 0.15) is 0 Å². The van der Waals surface area contributed by atoms with Gasteiger partial charge in [0.15, 0.2) is 4.32 Å². The molecule has 0 aliphatic carbocycles. The van der Waals surface area contributed by atoms with Gasteiger partial charge in [-0.3, -0.25) is 9.10 Å². The summed E-state index contributed by atoms with van der Waals surface area (Å²) in [5.74, 6) is 0. The summed E-state index contributed by atoms with van der Waals surface area (Å²) in [6.45, 7) is 0. The zero-order chi connectivity index (χ0) is 7.28. The largest absolute Gasteiger partial charge is 0.313 e. The SMILES string of the molecule is CN(C)SC(=S)NC=O. The van der Waals surface area contributed by atoms with Crippen LogP contribution in [0.2, 0.25) is 0 Å². The quantitative estimate of drug-likeness (QED) is 0.360. The van der Waals surface area contributed by atoms with Gasteiger partial charge in [-0.25, -0.2) is 0 Å². The van der Waals surface area contributed by atoms with Crippen LogP contribution in [0.4, 0.5) is 0 Å². The van der Waals surface area contributed by atoms with Gasteiger partial charge in [0.2, 0.25) is 6.41 Å². The van der Waals surface area contributed by atoms with E-state index in [4.69, 9.17) is 12.2 Å². The Morgan fingerprint density at radius 2 is 2.33 bits per heavy atom. The Kier molecular flexibility index (Phi) is 4.65. The van der Waals surface area contributed by atoms with Crippen molar-refractivity contribution in [1.29, 1.82) is 0 Å². The van der Waals surface area contributed by atoms with Crippen molar-refractivity contribution in [2.24, 2.45) is 0 Å². The van der Waals surface area contributed by atoms with Crippen molar-refractivity contribution in [2.75, 3.05) is 14.1 Å². The normalized spacial score (nSPS) is 9.22. The number of thiocarbonyl (C=S) groups is 1. The van der Waals surface area contributed by atoms with Crippen LogP contribution in [0.25, 0.3) is 0 Å². The van der Waals surface area contributed by atoms with E-state index in [-0.39, 0.29) is 0 Å². The first kappa shape index (κ1) is 8.87. The summed E-state index contributed by atoms with van der Waals surface area (Å²) in [6.07, 6.45) is 0.568. The maximum absolute atomic E-state index is 9.77. The average Bonchev–Trinajstić information content (AvgIpc) is 1.63. The summed E-state index contributed by atoms with van der Waals surface area (Å²) in [6, 6.07) is 0. The van der Waals surface area contributed by atoms with Crippen LogP contribution in [0.5, 0.6) is 0 Å². The molecule has 0 aromatic heterocycles. The lowest BCUT2D eigenvalue weighted by Gasteiger charge is -2.06. The summed E-state index contributed by atoms with van der Waals surface area (Å²) in [7, 11) is 3.70. The van der Waals surface area contributed by atoms with Gasteiger partial charge in [-0.15, -0.1) is 0 Å². The van der Waals surface area contributed by atoms with Crippen LogP contribution in [-0.4, -0.2) is 29.1 Å². The molecule has 5 heteroatoms. The molecule has 0 saturated heterocycles. The van der Waals surface area contributed by atoms with E-state index in [9.17, 15) is 4.79 Å². The minimum absolute atomic E-state index is 0.468. The first-order valence-corrected chi connectivity index (χ1v) is 3.44. The summed E-state index contributed by atoms with van der Waals surface area (Å²) in [4.78, 5) is 9.77. The van der Waals surface area contributed by atoms with E-state index in [2.05, 4.69) is 5.32 Å². The molecule has 9 heavy (non-hydrogen) atoms. The molecule has 0 fully saturated rings. The summed E-state index contributed by atoms with van der Waals surface area (Å²) in [5, 5.41) is 2.35. The lowest BCUT2D eigenvalue weighted by atomic mass is 11.2. The molecule has 0 atom stereocenters. The molecule has 0 spiro atoms. The van der Waals surface area contributed by atoms with Gasteiger partial charge in [0, 0.05) is 0 Å². The molecule has 0 saturated carbocycles. The van der Waals surface area contributed by atoms with Gasteiger partial charge in [-0.05, 0) is 26.0 Å². The molecule has 0 aliphatic heterocycles. The predicted octanol–water partition coefficient (Wildman–Crippen LogP) is 0.227. The van der Waals surface area contributed by atoms with Crippen LogP contribution < -0.4 is 5.32 Å². The summed E-state index contributed by atoms with van der Waals surface area (Å²) in [5.41, 5.74) is 0. The Labute approximate surface area is 63.9 Å². The Morgan fingerprint density at radius 3 is 2.67 bits per heavy atom. The number of rotatable bonds is 2. The summed E-state index contributed by atoms with van der Waals surface area (Å²) < 4.78 is 2.27. The van der Waals surface area contributed by atoms with Gasteiger partial charge in [0.05, 0.1) is 0 Å². The number of nitrogens with one attached hydrogen (secondary N) is 1. The zero-order valence-electron chi connectivity index (χ0n) is 5.25. The second-order valence-electron chi connectivity index (χ2n) is 1.45. The molecule has 1 amide bonds. The molecular weight excluding hydrogens is 156 g/mol. The maximum Gasteiger partial charge on any atom is 0.212 e. The number of hydrogen-bond acceptors (Lipinski definition) is 4. The second-order valence-corrected chi connectivity index (χ2v) is 3.44. The summed E-state index contributed by atoms with van der Waals surface area (Å²) >= 11 is 6.01. The molecule has 0 rings (SSSR count). The van der Waals surface area contributed by atoms with E-state index in [1.54, 1.807) is 4.31 Å². The van der Waals surface area contributed by atoms with Crippen LogP contribution >= 0.6 is 24.2 Å². The Bertz CT molecular complexity index is 115. The number of nitrogens with zero attached hydrogens (tertiary/aromatic N) is 1. The molecule has 0 radical (unpaired) electrons. The van der Waals surface area contributed by atoms with Gasteiger partial charge in [0.25, 0.3) is 0 Å². The van der Waals surface area contributed by atoms with Crippen molar-refractivity contribution >= 4 is 34.9 Å². The van der Waals surface area contributed by atoms with E-state index in [0.717, 1.165) is 0 Å². The lowest BCUT2D eigenvalue weighted by Crippen LogP contribution is -2.19. The van der Waals surface area contributed by atoms with E-state index < -0.39 is 0 Å². The minimum atomic E-state index is 0.468. The third-order valence-corrected chi connectivity index (χ3v) is 1.43. The van der Waals surface area contributed by atoms with E-state index in [1.165, 1.54) is 11.9 Å². The Hall–Kier alpha value is -0.130. The second kappa shape index (κ2) is 4.72. The van der Waals surface area contributed by atoms with Crippen LogP contribution in [0.1, 0.15) is 0 Å². The van der Waals surface area contributed by atoms with Crippen molar-refractivity contribution in [3.8, 4) is 0 Å². The first-order chi connectivity index (χ1) is 4.16. The van der Waals surface area contributed by atoms with E-state index in [0.29, 0.717) is 10.7 Å². The topological polar surface area (TPSA) is 32.3 Å². The minimum Gasteiger partial charge on any atom is -0.313 e. The van der Waals surface area contributed by atoms with Crippen LogP contribution in [0.3, 0.4) is 0 Å². The molecule has 0 bridgehead atoms. The van der Waals surface area contributed by atoms with Crippen molar-refractivity contribution in [2.45, 2.75) is 0 Å². The molecule has 0 aliphatic rings. The predicted molar refractivity (Wildman–Crippen MR) is 43.1 cm³/mol. The van der Waals surface area contributed by atoms with Gasteiger partial charge in [-0.2, -0.15) is 0 Å². The Balaban J connectivity index is 3.38. The smallest absolute Gasteiger partial charge is 0.212 e. The highest BCUT2D eigenvalue weighted by Crippen LogP contribution is 2.02. The van der Waals surface area contributed by atoms with Gasteiger partial charge < -0.3 is 5.32 Å². The van der Waals surface area contributed by atoms with Crippen molar-refractivity contribution in [1.82, 2.24) is 9.62 Å². The van der Waals surface area contributed by atoms with Gasteiger partial charge >= 0.3 is 0 Å². The highest BCUT2D eigenvalue weighted by atomic mass is 32.2. The Morgan fingerprint density at radius 1 is 1.78 bits per heavy atom. The molecule has 0 unspecified atom stereocenters. The van der Waals surface area contributed by atoms with Crippen LogP contribution in [0.15, 0.2) is 0 Å². The van der Waals surface area contributed by atoms with Crippen LogP contribution in [0, 0.1) is 0 Å². The molecule has 0 aromatic rings. The molecule has 1 N–H and O–H groups in total. The zero-order valence-corrected chi connectivity index (χ0v) is 6.88. The van der Waals surface area contributed by atoms with Crippen molar-refractivity contribution in [3.63, 3.8) is 0 Å². The lowest BCUT2D eigenvalue weighted by molar-refractivity contribution is -0.108. The molecule has 0 aromatic carbocycles. The van der Waals surface area contributed by atoms with E-state index in [1.807, 2.05) is 14.1 Å². The number of amides is 1. The first-order valence-electron chi connectivity index (χ1n) is 2.26. The third-order valence-electron chi connectivity index (χ3n) is 0.442. The van der Waals surface area contributed by atoms with Gasteiger partial charge in [-0.1, -0.05) is 12.2 Å². The monoisotopic (exact) mass is 164 g/mol. The fraction of sp³-hybridized carbons (Fsp3) is 0.500. The van der Waals surface area contributed by atoms with Crippen LogP contribution in [-0.2, 0) is 4.79 Å². The highest BCUT2D eigenvalue weighted by molar-refractivity contribution is 8.21. The fourth-order valence-electron chi connectivity index (χ4n) is 0.240. The number of carbonyl (C=O) groups excluding carboxylic acids is 1. The maximum atomic E-state index is 9.77. The molecule has 0 heterocycles. The number of carbonyl (C=O) groups is 1.